The lowest BCUT2D eigenvalue weighted by molar-refractivity contribution is -0.138. The molecule has 2 aromatic carbocycles. The molecule has 1 aliphatic rings. The molecular weight excluding hydrogens is 277 g/mol. The lowest BCUT2D eigenvalue weighted by atomic mass is 9.71. The highest BCUT2D eigenvalue weighted by atomic mass is 19.4. The van der Waals surface area contributed by atoms with E-state index < -0.39 is 17.8 Å². The minimum atomic E-state index is -4.38. The van der Waals surface area contributed by atoms with Crippen molar-refractivity contribution in [3.63, 3.8) is 0 Å². The highest BCUT2D eigenvalue weighted by molar-refractivity contribution is 5.44. The zero-order valence-corrected chi connectivity index (χ0v) is 11.2. The van der Waals surface area contributed by atoms with Crippen LogP contribution in [0.15, 0.2) is 48.5 Å². The molecule has 1 aliphatic carbocycles. The third-order valence-electron chi connectivity index (χ3n) is 4.08. The third-order valence-corrected chi connectivity index (χ3v) is 4.08. The lowest BCUT2D eigenvalue weighted by Gasteiger charge is -2.37. The van der Waals surface area contributed by atoms with Crippen molar-refractivity contribution in [3.8, 4) is 0 Å². The molecule has 0 aliphatic heterocycles. The Hall–Kier alpha value is -1.85. The zero-order valence-electron chi connectivity index (χ0n) is 11.2. The van der Waals surface area contributed by atoms with E-state index in [1.54, 1.807) is 6.07 Å². The summed E-state index contributed by atoms with van der Waals surface area (Å²) in [6.07, 6.45) is -3.65. The van der Waals surface area contributed by atoms with E-state index in [4.69, 9.17) is 5.84 Å². The first-order valence-corrected chi connectivity index (χ1v) is 6.72. The molecule has 0 radical (unpaired) electrons. The molecule has 3 N–H and O–H groups in total. The number of halogens is 3. The average Bonchev–Trinajstić information content (AvgIpc) is 2.44. The van der Waals surface area contributed by atoms with Crippen LogP contribution in [0.2, 0.25) is 0 Å². The highest BCUT2D eigenvalue weighted by Crippen LogP contribution is 2.45. The number of fused-ring (bicyclic) bond motifs is 1. The van der Waals surface area contributed by atoms with Crippen LogP contribution in [0.4, 0.5) is 13.2 Å². The standard InChI is InChI=1S/C16H15F3N2/c17-16(18,19)14-8-4-3-7-12(14)15(21-20)13-9-10-5-1-2-6-11(10)13/h1-8,13,15,21H,9,20H2. The monoisotopic (exact) mass is 292 g/mol. The van der Waals surface area contributed by atoms with Crippen molar-refractivity contribution in [2.45, 2.75) is 24.6 Å². The number of nitrogens with one attached hydrogen (secondary N) is 1. The number of benzene rings is 2. The quantitative estimate of drug-likeness (QED) is 0.670. The smallest absolute Gasteiger partial charge is 0.271 e. The van der Waals surface area contributed by atoms with Crippen LogP contribution in [0.3, 0.4) is 0 Å². The van der Waals surface area contributed by atoms with E-state index in [2.05, 4.69) is 5.43 Å². The average molecular weight is 292 g/mol. The van der Waals surface area contributed by atoms with E-state index in [1.807, 2.05) is 24.3 Å². The largest absolute Gasteiger partial charge is 0.416 e. The fourth-order valence-corrected chi connectivity index (χ4v) is 3.04. The van der Waals surface area contributed by atoms with Crippen molar-refractivity contribution in [2.75, 3.05) is 0 Å². The minimum absolute atomic E-state index is 0.0327. The van der Waals surface area contributed by atoms with Crippen LogP contribution in [0.5, 0.6) is 0 Å². The van der Waals surface area contributed by atoms with Gasteiger partial charge in [-0.05, 0) is 29.2 Å². The topological polar surface area (TPSA) is 38.0 Å². The summed E-state index contributed by atoms with van der Waals surface area (Å²) in [4.78, 5) is 0. The van der Waals surface area contributed by atoms with E-state index in [0.717, 1.165) is 18.1 Å². The molecule has 0 saturated carbocycles. The zero-order chi connectivity index (χ0) is 15.0. The van der Waals surface area contributed by atoms with Crippen molar-refractivity contribution < 1.29 is 13.2 Å². The Labute approximate surface area is 120 Å². The first-order valence-electron chi connectivity index (χ1n) is 6.72. The first kappa shape index (κ1) is 14.1. The van der Waals surface area contributed by atoms with Gasteiger partial charge < -0.3 is 0 Å². The van der Waals surface area contributed by atoms with E-state index in [0.29, 0.717) is 0 Å². The third kappa shape index (κ3) is 2.43. The first-order chi connectivity index (χ1) is 10.0. The van der Waals surface area contributed by atoms with E-state index >= 15 is 0 Å². The molecule has 2 unspecified atom stereocenters. The van der Waals surface area contributed by atoms with Crippen LogP contribution in [0.25, 0.3) is 0 Å². The predicted molar refractivity (Wildman–Crippen MR) is 74.4 cm³/mol. The predicted octanol–water partition coefficient (Wildman–Crippen LogP) is 3.55. The van der Waals surface area contributed by atoms with Gasteiger partial charge in [-0.25, -0.2) is 0 Å². The molecule has 0 saturated heterocycles. The molecule has 0 amide bonds. The van der Waals surface area contributed by atoms with Gasteiger partial charge in [0.1, 0.15) is 0 Å². The lowest BCUT2D eigenvalue weighted by Crippen LogP contribution is -2.38. The molecule has 21 heavy (non-hydrogen) atoms. The fourth-order valence-electron chi connectivity index (χ4n) is 3.04. The Balaban J connectivity index is 2.00. The van der Waals surface area contributed by atoms with Crippen molar-refractivity contribution in [1.82, 2.24) is 5.43 Å². The Morgan fingerprint density at radius 2 is 1.71 bits per heavy atom. The Morgan fingerprint density at radius 3 is 2.38 bits per heavy atom. The molecular formula is C16H15F3N2. The van der Waals surface area contributed by atoms with Crippen molar-refractivity contribution >= 4 is 0 Å². The SMILES string of the molecule is NNC(c1ccccc1C(F)(F)F)C1Cc2ccccc21. The van der Waals surface area contributed by atoms with Gasteiger partial charge in [0, 0.05) is 5.92 Å². The molecule has 0 aromatic heterocycles. The van der Waals surface area contributed by atoms with Crippen LogP contribution in [-0.4, -0.2) is 0 Å². The summed E-state index contributed by atoms with van der Waals surface area (Å²) < 4.78 is 39.5. The number of nitrogens with two attached hydrogens (primary N) is 1. The summed E-state index contributed by atoms with van der Waals surface area (Å²) in [5.74, 6) is 5.53. The van der Waals surface area contributed by atoms with Gasteiger partial charge in [0.15, 0.2) is 0 Å². The summed E-state index contributed by atoms with van der Waals surface area (Å²) in [5, 5.41) is 0. The van der Waals surface area contributed by atoms with Gasteiger partial charge in [-0.15, -0.1) is 0 Å². The molecule has 2 nitrogen and oxygen atoms in total. The highest BCUT2D eigenvalue weighted by Gasteiger charge is 2.39. The van der Waals surface area contributed by atoms with Crippen molar-refractivity contribution in [1.29, 1.82) is 0 Å². The maximum atomic E-state index is 13.2. The maximum absolute atomic E-state index is 13.2. The number of hydrazine groups is 1. The maximum Gasteiger partial charge on any atom is 0.416 e. The number of hydrogen-bond donors (Lipinski definition) is 2. The molecule has 2 atom stereocenters. The van der Waals surface area contributed by atoms with Crippen LogP contribution in [0, 0.1) is 0 Å². The van der Waals surface area contributed by atoms with Crippen LogP contribution in [-0.2, 0) is 12.6 Å². The second-order valence-corrected chi connectivity index (χ2v) is 5.24. The van der Waals surface area contributed by atoms with Gasteiger partial charge in [0.05, 0.1) is 11.6 Å². The minimum Gasteiger partial charge on any atom is -0.271 e. The van der Waals surface area contributed by atoms with Gasteiger partial charge in [0.25, 0.3) is 0 Å². The van der Waals surface area contributed by atoms with Crippen LogP contribution < -0.4 is 11.3 Å². The molecule has 5 heteroatoms. The van der Waals surface area contributed by atoms with Crippen molar-refractivity contribution in [3.05, 3.63) is 70.8 Å². The molecule has 3 rings (SSSR count). The normalized spacial score (nSPS) is 18.8. The van der Waals surface area contributed by atoms with Crippen molar-refractivity contribution in [2.24, 2.45) is 5.84 Å². The second-order valence-electron chi connectivity index (χ2n) is 5.24. The Morgan fingerprint density at radius 1 is 1.05 bits per heavy atom. The molecule has 2 aromatic rings. The van der Waals surface area contributed by atoms with E-state index in [9.17, 15) is 13.2 Å². The molecule has 110 valence electrons. The number of rotatable bonds is 3. The fraction of sp³-hybridized carbons (Fsp3) is 0.250. The van der Waals surface area contributed by atoms with Crippen LogP contribution in [0.1, 0.15) is 34.2 Å². The molecule has 0 heterocycles. The Bertz CT molecular complexity index is 652. The number of alkyl halides is 3. The molecule has 0 bridgehead atoms. The van der Waals surface area contributed by atoms with Gasteiger partial charge >= 0.3 is 6.18 Å². The summed E-state index contributed by atoms with van der Waals surface area (Å²) in [5.41, 5.74) is 4.39. The summed E-state index contributed by atoms with van der Waals surface area (Å²) in [6.45, 7) is 0. The number of hydrogen-bond acceptors (Lipinski definition) is 2. The van der Waals surface area contributed by atoms with Gasteiger partial charge in [-0.2, -0.15) is 13.2 Å². The summed E-state index contributed by atoms with van der Waals surface area (Å²) in [6, 6.07) is 12.8. The molecule has 0 spiro atoms. The summed E-state index contributed by atoms with van der Waals surface area (Å²) >= 11 is 0. The van der Waals surface area contributed by atoms with E-state index in [-0.39, 0.29) is 11.5 Å². The van der Waals surface area contributed by atoms with Gasteiger partial charge in [-0.1, -0.05) is 42.5 Å². The van der Waals surface area contributed by atoms with E-state index in [1.165, 1.54) is 17.7 Å². The van der Waals surface area contributed by atoms with Gasteiger partial charge in [-0.3, -0.25) is 11.3 Å². The second kappa shape index (κ2) is 5.16. The Kier molecular flexibility index (Phi) is 3.47. The molecule has 0 fully saturated rings. The summed E-state index contributed by atoms with van der Waals surface area (Å²) in [7, 11) is 0. The van der Waals surface area contributed by atoms with Crippen LogP contribution >= 0.6 is 0 Å². The van der Waals surface area contributed by atoms with Gasteiger partial charge in [0.2, 0.25) is 0 Å².